The van der Waals surface area contributed by atoms with Gasteiger partial charge in [0.05, 0.1) is 7.11 Å². The zero-order valence-corrected chi connectivity index (χ0v) is 13.1. The van der Waals surface area contributed by atoms with E-state index >= 15 is 0 Å². The van der Waals surface area contributed by atoms with Gasteiger partial charge in [0, 0.05) is 24.2 Å². The number of nitrogens with two attached hydrogens (primary N) is 1. The molecule has 0 saturated carbocycles. The highest BCUT2D eigenvalue weighted by Gasteiger charge is 2.16. The van der Waals surface area contributed by atoms with Crippen LogP contribution in [-0.4, -0.2) is 25.0 Å². The van der Waals surface area contributed by atoms with Gasteiger partial charge < -0.3 is 21.1 Å². The number of ether oxygens (including phenoxy) is 1. The summed E-state index contributed by atoms with van der Waals surface area (Å²) in [4.78, 5) is 16.5. The Kier molecular flexibility index (Phi) is 4.87. The Morgan fingerprint density at radius 1 is 1.52 bits per heavy atom. The van der Waals surface area contributed by atoms with E-state index in [2.05, 4.69) is 15.6 Å². The number of nitrogen functional groups attached to an aromatic ring is 1. The van der Waals surface area contributed by atoms with Gasteiger partial charge in [-0.3, -0.25) is 4.79 Å². The average molecular weight is 327 g/mol. The number of anilines is 2. The zero-order valence-electron chi connectivity index (χ0n) is 11.6. The normalized spacial score (nSPS) is 10.2. The topological polar surface area (TPSA) is 89.3 Å². The molecular formula is C13H15ClN4O2S. The SMILES string of the molecule is CNc1nc(N)c(C(=O)NCc2c(Cl)cccc2OC)s1. The molecule has 1 aromatic heterocycles. The lowest BCUT2D eigenvalue weighted by Gasteiger charge is -2.11. The van der Waals surface area contributed by atoms with Crippen molar-refractivity contribution >= 4 is 39.8 Å². The van der Waals surface area contributed by atoms with Crippen molar-refractivity contribution in [3.8, 4) is 5.75 Å². The minimum absolute atomic E-state index is 0.202. The number of hydrogen-bond acceptors (Lipinski definition) is 6. The van der Waals surface area contributed by atoms with Gasteiger partial charge in [-0.25, -0.2) is 4.98 Å². The Morgan fingerprint density at radius 3 is 2.90 bits per heavy atom. The third-order valence-electron chi connectivity index (χ3n) is 2.79. The molecule has 6 nitrogen and oxygen atoms in total. The Labute approximate surface area is 131 Å². The molecule has 0 radical (unpaired) electrons. The summed E-state index contributed by atoms with van der Waals surface area (Å²) in [5, 5.41) is 6.74. The van der Waals surface area contributed by atoms with E-state index in [1.807, 2.05) is 0 Å². The van der Waals surface area contributed by atoms with Crippen LogP contribution in [0.4, 0.5) is 10.9 Å². The first-order valence-electron chi connectivity index (χ1n) is 6.10. The second kappa shape index (κ2) is 6.64. The maximum Gasteiger partial charge on any atom is 0.265 e. The van der Waals surface area contributed by atoms with E-state index in [9.17, 15) is 4.79 Å². The molecule has 2 aromatic rings. The van der Waals surface area contributed by atoms with Crippen LogP contribution in [0.1, 0.15) is 15.2 Å². The number of amides is 1. The standard InChI is InChI=1S/C13H15ClN4O2S/c1-16-13-18-11(15)10(21-13)12(19)17-6-7-8(14)4-3-5-9(7)20-2/h3-5H,6,15H2,1-2H3,(H,16,18)(H,17,19). The van der Waals surface area contributed by atoms with Gasteiger partial charge in [0.1, 0.15) is 16.4 Å². The highest BCUT2D eigenvalue weighted by molar-refractivity contribution is 7.18. The molecular weight excluding hydrogens is 312 g/mol. The summed E-state index contributed by atoms with van der Waals surface area (Å²) in [6, 6.07) is 5.31. The van der Waals surface area contributed by atoms with Crippen LogP contribution in [0.5, 0.6) is 5.75 Å². The number of methoxy groups -OCH3 is 1. The number of benzene rings is 1. The van der Waals surface area contributed by atoms with Crippen LogP contribution in [0.3, 0.4) is 0 Å². The Hall–Kier alpha value is -1.99. The molecule has 0 bridgehead atoms. The summed E-state index contributed by atoms with van der Waals surface area (Å²) in [6.45, 7) is 0.244. The van der Waals surface area contributed by atoms with Gasteiger partial charge in [0.25, 0.3) is 5.91 Å². The van der Waals surface area contributed by atoms with Gasteiger partial charge in [-0.1, -0.05) is 29.0 Å². The van der Waals surface area contributed by atoms with Gasteiger partial charge in [-0.15, -0.1) is 0 Å². The first-order chi connectivity index (χ1) is 10.1. The number of rotatable bonds is 5. The molecule has 0 spiro atoms. The van der Waals surface area contributed by atoms with Crippen molar-refractivity contribution in [3.63, 3.8) is 0 Å². The maximum atomic E-state index is 12.1. The molecule has 2 rings (SSSR count). The summed E-state index contributed by atoms with van der Waals surface area (Å²) >= 11 is 7.31. The average Bonchev–Trinajstić information content (AvgIpc) is 2.86. The monoisotopic (exact) mass is 326 g/mol. The van der Waals surface area contributed by atoms with E-state index in [1.54, 1.807) is 32.4 Å². The highest BCUT2D eigenvalue weighted by atomic mass is 35.5. The number of halogens is 1. The maximum absolute atomic E-state index is 12.1. The van der Waals surface area contributed by atoms with Gasteiger partial charge in [0.2, 0.25) is 0 Å². The molecule has 1 heterocycles. The smallest absolute Gasteiger partial charge is 0.265 e. The third kappa shape index (κ3) is 3.37. The molecule has 0 aliphatic heterocycles. The van der Waals surface area contributed by atoms with Crippen LogP contribution in [0.15, 0.2) is 18.2 Å². The minimum atomic E-state index is -0.298. The van der Waals surface area contributed by atoms with Crippen LogP contribution in [0.25, 0.3) is 0 Å². The van der Waals surface area contributed by atoms with Crippen molar-refractivity contribution in [1.82, 2.24) is 10.3 Å². The Balaban J connectivity index is 2.13. The number of nitrogens with zero attached hydrogens (tertiary/aromatic N) is 1. The Morgan fingerprint density at radius 2 is 2.29 bits per heavy atom. The number of aromatic nitrogens is 1. The van der Waals surface area contributed by atoms with Crippen molar-refractivity contribution in [1.29, 1.82) is 0 Å². The van der Waals surface area contributed by atoms with E-state index < -0.39 is 0 Å². The Bertz CT molecular complexity index is 660. The fraction of sp³-hybridized carbons (Fsp3) is 0.231. The highest BCUT2D eigenvalue weighted by Crippen LogP contribution is 2.27. The van der Waals surface area contributed by atoms with Crippen LogP contribution in [0, 0.1) is 0 Å². The van der Waals surface area contributed by atoms with Gasteiger partial charge in [-0.2, -0.15) is 0 Å². The summed E-state index contributed by atoms with van der Waals surface area (Å²) in [5.41, 5.74) is 6.44. The predicted octanol–water partition coefficient (Wildman–Crippen LogP) is 2.36. The van der Waals surface area contributed by atoms with Crippen LogP contribution in [-0.2, 0) is 6.54 Å². The van der Waals surface area contributed by atoms with E-state index in [4.69, 9.17) is 22.1 Å². The molecule has 21 heavy (non-hydrogen) atoms. The van der Waals surface area contributed by atoms with Crippen molar-refractivity contribution in [3.05, 3.63) is 33.7 Å². The number of carbonyl (C=O) groups excluding carboxylic acids is 1. The molecule has 0 saturated heterocycles. The molecule has 1 aromatic carbocycles. The number of thiazole rings is 1. The molecule has 0 fully saturated rings. The molecule has 0 aliphatic carbocycles. The van der Waals surface area contributed by atoms with Crippen molar-refractivity contribution in [2.45, 2.75) is 6.54 Å². The van der Waals surface area contributed by atoms with E-state index in [-0.39, 0.29) is 18.3 Å². The van der Waals surface area contributed by atoms with Crippen molar-refractivity contribution < 1.29 is 9.53 Å². The number of nitrogens with one attached hydrogen (secondary N) is 2. The molecule has 8 heteroatoms. The quantitative estimate of drug-likeness (QED) is 0.785. The van der Waals surface area contributed by atoms with Crippen LogP contribution < -0.4 is 21.1 Å². The lowest BCUT2D eigenvalue weighted by Crippen LogP contribution is -2.23. The fourth-order valence-electron chi connectivity index (χ4n) is 1.75. The van der Waals surface area contributed by atoms with Gasteiger partial charge >= 0.3 is 0 Å². The zero-order chi connectivity index (χ0) is 15.4. The molecule has 0 aliphatic rings. The molecule has 4 N–H and O–H groups in total. The summed E-state index contributed by atoms with van der Waals surface area (Å²) in [6.07, 6.45) is 0. The number of hydrogen-bond donors (Lipinski definition) is 3. The molecule has 112 valence electrons. The first kappa shape index (κ1) is 15.4. The fourth-order valence-corrected chi connectivity index (χ4v) is 2.74. The molecule has 1 amide bonds. The summed E-state index contributed by atoms with van der Waals surface area (Å²) in [5.74, 6) is 0.525. The van der Waals surface area contributed by atoms with Gasteiger partial charge in [-0.05, 0) is 12.1 Å². The summed E-state index contributed by atoms with van der Waals surface area (Å²) in [7, 11) is 3.27. The van der Waals surface area contributed by atoms with Crippen LogP contribution in [0.2, 0.25) is 5.02 Å². The van der Waals surface area contributed by atoms with Gasteiger partial charge in [0.15, 0.2) is 5.13 Å². The largest absolute Gasteiger partial charge is 0.496 e. The minimum Gasteiger partial charge on any atom is -0.496 e. The van der Waals surface area contributed by atoms with Crippen molar-refractivity contribution in [2.24, 2.45) is 0 Å². The second-order valence-electron chi connectivity index (χ2n) is 4.09. The van der Waals surface area contributed by atoms with E-state index in [1.165, 1.54) is 11.3 Å². The molecule has 0 unspecified atom stereocenters. The van der Waals surface area contributed by atoms with Crippen molar-refractivity contribution in [2.75, 3.05) is 25.2 Å². The first-order valence-corrected chi connectivity index (χ1v) is 7.30. The second-order valence-corrected chi connectivity index (χ2v) is 5.49. The lowest BCUT2D eigenvalue weighted by atomic mass is 10.2. The summed E-state index contributed by atoms with van der Waals surface area (Å²) < 4.78 is 5.23. The third-order valence-corrected chi connectivity index (χ3v) is 4.24. The van der Waals surface area contributed by atoms with Crippen LogP contribution >= 0.6 is 22.9 Å². The molecule has 0 atom stereocenters. The van der Waals surface area contributed by atoms with E-state index in [0.29, 0.717) is 26.3 Å². The number of carbonyl (C=O) groups is 1. The van der Waals surface area contributed by atoms with E-state index in [0.717, 1.165) is 0 Å². The lowest BCUT2D eigenvalue weighted by molar-refractivity contribution is 0.0955. The predicted molar refractivity (Wildman–Crippen MR) is 85.2 cm³/mol.